The van der Waals surface area contributed by atoms with Crippen molar-refractivity contribution < 1.29 is 4.79 Å². The fourth-order valence-corrected chi connectivity index (χ4v) is 2.49. The number of hydrazine groups is 1. The van der Waals surface area contributed by atoms with Crippen LogP contribution in [0.15, 0.2) is 97.4 Å². The van der Waals surface area contributed by atoms with Gasteiger partial charge in [-0.2, -0.15) is 5.01 Å². The standard InChI is InChI=1S/C20H19N3O/c24-20(17-10-9-15-21-16-17)22-23(18-11-5-1-2-6-12-18)19-13-7-3-4-8-14-19/h1-16,18-19H,(H,22,24). The van der Waals surface area contributed by atoms with Gasteiger partial charge in [0.25, 0.3) is 5.91 Å². The topological polar surface area (TPSA) is 45.2 Å². The van der Waals surface area contributed by atoms with Gasteiger partial charge in [0, 0.05) is 12.4 Å². The molecule has 0 fully saturated rings. The van der Waals surface area contributed by atoms with E-state index < -0.39 is 0 Å². The molecular formula is C20H19N3O. The van der Waals surface area contributed by atoms with Crippen LogP contribution in [0.25, 0.3) is 0 Å². The number of pyridine rings is 1. The van der Waals surface area contributed by atoms with E-state index in [1.54, 1.807) is 24.5 Å². The summed E-state index contributed by atoms with van der Waals surface area (Å²) in [6.07, 6.45) is 27.2. The minimum absolute atomic E-state index is 0.0574. The Kier molecular flexibility index (Phi) is 5.32. The maximum Gasteiger partial charge on any atom is 0.267 e. The van der Waals surface area contributed by atoms with Crippen molar-refractivity contribution in [2.75, 3.05) is 0 Å². The van der Waals surface area contributed by atoms with Crippen LogP contribution in [0.4, 0.5) is 0 Å². The van der Waals surface area contributed by atoms with E-state index in [1.807, 2.05) is 77.9 Å². The Bertz CT molecular complexity index is 671. The van der Waals surface area contributed by atoms with E-state index in [0.717, 1.165) is 0 Å². The van der Waals surface area contributed by atoms with Crippen molar-refractivity contribution >= 4 is 5.91 Å². The van der Waals surface area contributed by atoms with Crippen molar-refractivity contribution in [3.63, 3.8) is 0 Å². The molecule has 4 heteroatoms. The third-order valence-corrected chi connectivity index (χ3v) is 3.70. The third-order valence-electron chi connectivity index (χ3n) is 3.70. The summed E-state index contributed by atoms with van der Waals surface area (Å²) in [5.41, 5.74) is 3.55. The van der Waals surface area contributed by atoms with E-state index in [0.29, 0.717) is 5.56 Å². The zero-order chi connectivity index (χ0) is 16.6. The second-order valence-electron chi connectivity index (χ2n) is 5.38. The number of nitrogens with one attached hydrogen (secondary N) is 1. The molecule has 0 saturated heterocycles. The average Bonchev–Trinajstić information content (AvgIpc) is 3.05. The molecule has 0 spiro atoms. The first-order valence-electron chi connectivity index (χ1n) is 7.87. The second-order valence-corrected chi connectivity index (χ2v) is 5.38. The van der Waals surface area contributed by atoms with Gasteiger partial charge in [-0.3, -0.25) is 15.2 Å². The molecular weight excluding hydrogens is 298 g/mol. The minimum Gasteiger partial charge on any atom is -0.283 e. The first-order chi connectivity index (χ1) is 11.8. The Hall–Kier alpha value is -2.98. The SMILES string of the molecule is O=C(NN(C1C=CC=CC=C1)C1C=CC=CC=C1)c1cccnc1. The number of hydrogen-bond acceptors (Lipinski definition) is 3. The maximum absolute atomic E-state index is 12.6. The van der Waals surface area contributed by atoms with Gasteiger partial charge >= 0.3 is 0 Å². The average molecular weight is 317 g/mol. The summed E-state index contributed by atoms with van der Waals surface area (Å²) in [6, 6.07) is 3.39. The lowest BCUT2D eigenvalue weighted by atomic mass is 10.1. The number of amides is 1. The number of carbonyl (C=O) groups is 1. The maximum atomic E-state index is 12.6. The van der Waals surface area contributed by atoms with E-state index >= 15 is 0 Å². The van der Waals surface area contributed by atoms with Gasteiger partial charge in [0.1, 0.15) is 0 Å². The highest BCUT2D eigenvalue weighted by Crippen LogP contribution is 2.14. The van der Waals surface area contributed by atoms with Crippen molar-refractivity contribution in [3.8, 4) is 0 Å². The van der Waals surface area contributed by atoms with Gasteiger partial charge < -0.3 is 0 Å². The van der Waals surface area contributed by atoms with Crippen LogP contribution in [0.5, 0.6) is 0 Å². The van der Waals surface area contributed by atoms with Crippen LogP contribution in [-0.2, 0) is 0 Å². The number of carbonyl (C=O) groups excluding carboxylic acids is 1. The van der Waals surface area contributed by atoms with Crippen LogP contribution in [0.2, 0.25) is 0 Å². The molecule has 24 heavy (non-hydrogen) atoms. The quantitative estimate of drug-likeness (QED) is 0.868. The summed E-state index contributed by atoms with van der Waals surface area (Å²) in [7, 11) is 0. The monoisotopic (exact) mass is 317 g/mol. The van der Waals surface area contributed by atoms with E-state index in [2.05, 4.69) is 10.4 Å². The van der Waals surface area contributed by atoms with Gasteiger partial charge in [-0.1, -0.05) is 72.9 Å². The molecule has 3 rings (SSSR count). The van der Waals surface area contributed by atoms with Gasteiger partial charge in [-0.05, 0) is 12.1 Å². The van der Waals surface area contributed by atoms with Crippen LogP contribution in [0, 0.1) is 0 Å². The molecule has 1 N–H and O–H groups in total. The minimum atomic E-state index is -0.180. The third kappa shape index (κ3) is 4.06. The Morgan fingerprint density at radius 3 is 1.88 bits per heavy atom. The summed E-state index contributed by atoms with van der Waals surface area (Å²) >= 11 is 0. The molecule has 1 aromatic rings. The molecule has 0 unspecified atom stereocenters. The highest BCUT2D eigenvalue weighted by atomic mass is 16.2. The van der Waals surface area contributed by atoms with Crippen molar-refractivity contribution in [2.45, 2.75) is 12.1 Å². The number of nitrogens with zero attached hydrogens (tertiary/aromatic N) is 2. The lowest BCUT2D eigenvalue weighted by Crippen LogP contribution is -2.51. The van der Waals surface area contributed by atoms with Gasteiger partial charge in [0.2, 0.25) is 0 Å². The normalized spacial score (nSPS) is 17.2. The van der Waals surface area contributed by atoms with E-state index in [1.165, 1.54) is 0 Å². The van der Waals surface area contributed by atoms with Crippen molar-refractivity contribution in [2.24, 2.45) is 0 Å². The molecule has 2 aliphatic rings. The van der Waals surface area contributed by atoms with Crippen molar-refractivity contribution in [1.29, 1.82) is 0 Å². The molecule has 2 aliphatic carbocycles. The fraction of sp³-hybridized carbons (Fsp3) is 0.100. The molecule has 4 nitrogen and oxygen atoms in total. The summed E-state index contributed by atoms with van der Waals surface area (Å²) in [5.74, 6) is -0.180. The molecule has 0 atom stereocenters. The van der Waals surface area contributed by atoms with Gasteiger partial charge in [-0.15, -0.1) is 0 Å². The molecule has 1 aromatic heterocycles. The summed E-state index contributed by atoms with van der Waals surface area (Å²) in [6.45, 7) is 0. The van der Waals surface area contributed by atoms with Crippen LogP contribution in [0.3, 0.4) is 0 Å². The molecule has 0 aromatic carbocycles. The highest BCUT2D eigenvalue weighted by molar-refractivity contribution is 5.93. The van der Waals surface area contributed by atoms with Crippen LogP contribution < -0.4 is 5.43 Å². The van der Waals surface area contributed by atoms with E-state index in [-0.39, 0.29) is 18.0 Å². The molecule has 0 saturated carbocycles. The lowest BCUT2D eigenvalue weighted by Gasteiger charge is -2.32. The molecule has 1 heterocycles. The Balaban J connectivity index is 1.85. The Morgan fingerprint density at radius 2 is 1.42 bits per heavy atom. The van der Waals surface area contributed by atoms with Crippen LogP contribution in [0.1, 0.15) is 10.4 Å². The fourth-order valence-electron chi connectivity index (χ4n) is 2.49. The summed E-state index contributed by atoms with van der Waals surface area (Å²) < 4.78 is 0. The van der Waals surface area contributed by atoms with Crippen LogP contribution >= 0.6 is 0 Å². The highest BCUT2D eigenvalue weighted by Gasteiger charge is 2.23. The smallest absolute Gasteiger partial charge is 0.267 e. The second kappa shape index (κ2) is 8.04. The summed E-state index contributed by atoms with van der Waals surface area (Å²) in [4.78, 5) is 16.6. The Morgan fingerprint density at radius 1 is 0.875 bits per heavy atom. The zero-order valence-electron chi connectivity index (χ0n) is 13.2. The largest absolute Gasteiger partial charge is 0.283 e. The first-order valence-corrected chi connectivity index (χ1v) is 7.87. The molecule has 0 bridgehead atoms. The van der Waals surface area contributed by atoms with Gasteiger partial charge in [0.05, 0.1) is 17.6 Å². The van der Waals surface area contributed by atoms with Crippen molar-refractivity contribution in [1.82, 2.24) is 15.4 Å². The van der Waals surface area contributed by atoms with E-state index in [9.17, 15) is 4.79 Å². The number of aromatic nitrogens is 1. The van der Waals surface area contributed by atoms with Gasteiger partial charge in [0.15, 0.2) is 0 Å². The molecule has 1 amide bonds. The summed E-state index contributed by atoms with van der Waals surface area (Å²) in [5, 5.41) is 1.93. The number of allylic oxidation sites excluding steroid dienone is 8. The molecule has 0 radical (unpaired) electrons. The van der Waals surface area contributed by atoms with Crippen molar-refractivity contribution in [3.05, 3.63) is 103 Å². The predicted octanol–water partition coefficient (Wildman–Crippen LogP) is 3.13. The molecule has 120 valence electrons. The number of hydrogen-bond donors (Lipinski definition) is 1. The van der Waals surface area contributed by atoms with Gasteiger partial charge in [-0.25, -0.2) is 0 Å². The van der Waals surface area contributed by atoms with E-state index in [4.69, 9.17) is 0 Å². The lowest BCUT2D eigenvalue weighted by molar-refractivity contribution is 0.0746. The number of rotatable bonds is 4. The first kappa shape index (κ1) is 15.9. The predicted molar refractivity (Wildman–Crippen MR) is 96.0 cm³/mol. The molecule has 0 aliphatic heterocycles. The Labute approximate surface area is 141 Å². The zero-order valence-corrected chi connectivity index (χ0v) is 13.2. The van der Waals surface area contributed by atoms with Crippen LogP contribution in [-0.4, -0.2) is 28.0 Å².